The van der Waals surface area contributed by atoms with Crippen molar-refractivity contribution < 1.29 is 4.74 Å². The number of unbranched alkanes of at least 4 members (excludes halogenated alkanes) is 2. The molecule has 1 aliphatic rings. The molecule has 0 aromatic rings. The molecule has 1 fully saturated rings. The maximum atomic E-state index is 5.31. The monoisotopic (exact) mass is 232 g/mol. The zero-order valence-corrected chi connectivity index (χ0v) is 10.6. The van der Waals surface area contributed by atoms with E-state index in [1.165, 1.54) is 37.9 Å². The van der Waals surface area contributed by atoms with Crippen LogP contribution in [-0.2, 0) is 4.74 Å². The van der Waals surface area contributed by atoms with Gasteiger partial charge in [-0.25, -0.2) is 0 Å². The molecule has 0 aliphatic carbocycles. The van der Waals surface area contributed by atoms with Gasteiger partial charge in [-0.1, -0.05) is 41.0 Å². The Morgan fingerprint density at radius 2 is 2.29 bits per heavy atom. The molecule has 0 aromatic carbocycles. The summed E-state index contributed by atoms with van der Waals surface area (Å²) in [5.74, 6) is 2.20. The molecule has 1 nitrogen and oxygen atoms in total. The lowest BCUT2D eigenvalue weighted by Gasteiger charge is -2.07. The van der Waals surface area contributed by atoms with Gasteiger partial charge in [0.15, 0.2) is 0 Å². The number of hydrogen-bond acceptors (Lipinski definition) is 3. The van der Waals surface area contributed by atoms with Crippen LogP contribution in [-0.4, -0.2) is 17.6 Å². The van der Waals surface area contributed by atoms with Gasteiger partial charge in [-0.3, -0.25) is 0 Å². The molecule has 1 saturated heterocycles. The summed E-state index contributed by atoms with van der Waals surface area (Å²) in [5.41, 5.74) is 0. The third kappa shape index (κ3) is 5.86. The molecular formula is C11H20OS2. The van der Waals surface area contributed by atoms with E-state index in [0.29, 0.717) is 0 Å². The molecule has 1 atom stereocenters. The van der Waals surface area contributed by atoms with Crippen LogP contribution < -0.4 is 0 Å². The highest BCUT2D eigenvalue weighted by Gasteiger charge is 2.15. The third-order valence-electron chi connectivity index (χ3n) is 2.25. The summed E-state index contributed by atoms with van der Waals surface area (Å²) in [6.45, 7) is 6.47. The topological polar surface area (TPSA) is 9.23 Å². The van der Waals surface area contributed by atoms with E-state index in [-0.39, 0.29) is 0 Å². The highest BCUT2D eigenvalue weighted by Crippen LogP contribution is 2.39. The SMILES string of the molecule is C=C(C)OCCCCCC1CCSS1. The minimum atomic E-state index is 0.841. The maximum Gasteiger partial charge on any atom is 0.0876 e. The van der Waals surface area contributed by atoms with Crippen molar-refractivity contribution in [3.63, 3.8) is 0 Å². The van der Waals surface area contributed by atoms with E-state index in [4.69, 9.17) is 4.74 Å². The van der Waals surface area contributed by atoms with Crippen molar-refractivity contribution in [1.29, 1.82) is 0 Å². The molecule has 1 rings (SSSR count). The molecule has 1 unspecified atom stereocenters. The van der Waals surface area contributed by atoms with Gasteiger partial charge in [-0.15, -0.1) is 0 Å². The Balaban J connectivity index is 1.82. The smallest absolute Gasteiger partial charge is 0.0876 e. The first kappa shape index (κ1) is 12.3. The van der Waals surface area contributed by atoms with Crippen molar-refractivity contribution in [2.45, 2.75) is 44.3 Å². The van der Waals surface area contributed by atoms with Crippen LogP contribution in [0.2, 0.25) is 0 Å². The van der Waals surface area contributed by atoms with E-state index in [1.807, 2.05) is 17.7 Å². The van der Waals surface area contributed by atoms with Crippen molar-refractivity contribution >= 4 is 21.6 Å². The maximum absolute atomic E-state index is 5.31. The van der Waals surface area contributed by atoms with E-state index in [2.05, 4.69) is 17.4 Å². The third-order valence-corrected chi connectivity index (χ3v) is 5.25. The second-order valence-electron chi connectivity index (χ2n) is 3.73. The van der Waals surface area contributed by atoms with Crippen LogP contribution in [0.15, 0.2) is 12.3 Å². The Morgan fingerprint density at radius 3 is 2.93 bits per heavy atom. The fourth-order valence-corrected chi connectivity index (χ4v) is 4.49. The van der Waals surface area contributed by atoms with Crippen LogP contribution in [0.25, 0.3) is 0 Å². The van der Waals surface area contributed by atoms with E-state index in [0.717, 1.165) is 17.6 Å². The molecule has 82 valence electrons. The predicted molar refractivity (Wildman–Crippen MR) is 67.7 cm³/mol. The van der Waals surface area contributed by atoms with Crippen molar-refractivity contribution in [3.8, 4) is 0 Å². The molecule has 1 heterocycles. The Labute approximate surface area is 95.5 Å². The van der Waals surface area contributed by atoms with Gasteiger partial charge in [0.1, 0.15) is 0 Å². The standard InChI is InChI=1S/C11H20OS2/c1-10(2)12-8-5-3-4-6-11-7-9-13-14-11/h11H,1,3-9H2,2H3. The molecule has 0 aromatic heterocycles. The summed E-state index contributed by atoms with van der Waals surface area (Å²) in [7, 11) is 4.12. The molecule has 0 radical (unpaired) electrons. The Kier molecular flexibility index (Phi) is 6.61. The van der Waals surface area contributed by atoms with Gasteiger partial charge in [0.2, 0.25) is 0 Å². The van der Waals surface area contributed by atoms with Crippen LogP contribution in [0.1, 0.15) is 39.0 Å². The van der Waals surface area contributed by atoms with Crippen molar-refractivity contribution in [1.82, 2.24) is 0 Å². The lowest BCUT2D eigenvalue weighted by atomic mass is 10.1. The summed E-state index contributed by atoms with van der Waals surface area (Å²) in [4.78, 5) is 0. The van der Waals surface area contributed by atoms with Gasteiger partial charge < -0.3 is 4.74 Å². The molecule has 0 amide bonds. The zero-order valence-electron chi connectivity index (χ0n) is 8.96. The molecule has 1 aliphatic heterocycles. The molecular weight excluding hydrogens is 212 g/mol. The molecule has 0 spiro atoms. The molecule has 14 heavy (non-hydrogen) atoms. The predicted octanol–water partition coefficient (Wildman–Crippen LogP) is 4.25. The average molecular weight is 232 g/mol. The van der Waals surface area contributed by atoms with Gasteiger partial charge in [0.25, 0.3) is 0 Å². The van der Waals surface area contributed by atoms with Crippen molar-refractivity contribution in [2.75, 3.05) is 12.4 Å². The fraction of sp³-hybridized carbons (Fsp3) is 0.818. The van der Waals surface area contributed by atoms with E-state index in [9.17, 15) is 0 Å². The van der Waals surface area contributed by atoms with Crippen LogP contribution in [0.3, 0.4) is 0 Å². The highest BCUT2D eigenvalue weighted by atomic mass is 33.1. The zero-order chi connectivity index (χ0) is 10.2. The largest absolute Gasteiger partial charge is 0.499 e. The molecule has 0 N–H and O–H groups in total. The summed E-state index contributed by atoms with van der Waals surface area (Å²) < 4.78 is 5.31. The lowest BCUT2D eigenvalue weighted by molar-refractivity contribution is 0.208. The molecule has 3 heteroatoms. The first-order valence-electron chi connectivity index (χ1n) is 5.35. The summed E-state index contributed by atoms with van der Waals surface area (Å²) >= 11 is 0. The molecule has 0 bridgehead atoms. The van der Waals surface area contributed by atoms with Crippen LogP contribution in [0.5, 0.6) is 0 Å². The van der Waals surface area contributed by atoms with Crippen molar-refractivity contribution in [3.05, 3.63) is 12.3 Å². The molecule has 0 saturated carbocycles. The number of rotatable bonds is 7. The second-order valence-corrected chi connectivity index (χ2v) is 6.52. The summed E-state index contributed by atoms with van der Waals surface area (Å²) in [6, 6.07) is 0. The van der Waals surface area contributed by atoms with Gasteiger partial charge in [-0.2, -0.15) is 0 Å². The van der Waals surface area contributed by atoms with E-state index < -0.39 is 0 Å². The van der Waals surface area contributed by atoms with Gasteiger partial charge in [-0.05, 0) is 26.2 Å². The van der Waals surface area contributed by atoms with Gasteiger partial charge in [0, 0.05) is 11.0 Å². The first-order chi connectivity index (χ1) is 6.79. The average Bonchev–Trinajstić information content (AvgIpc) is 2.63. The minimum Gasteiger partial charge on any atom is -0.499 e. The lowest BCUT2D eigenvalue weighted by Crippen LogP contribution is -1.98. The quantitative estimate of drug-likeness (QED) is 0.369. The summed E-state index contributed by atoms with van der Waals surface area (Å²) in [6.07, 6.45) is 6.65. The Bertz CT molecular complexity index is 165. The number of hydrogen-bond donors (Lipinski definition) is 0. The minimum absolute atomic E-state index is 0.841. The Morgan fingerprint density at radius 1 is 1.43 bits per heavy atom. The first-order valence-corrected chi connectivity index (χ1v) is 7.74. The van der Waals surface area contributed by atoms with E-state index in [1.54, 1.807) is 0 Å². The fourth-order valence-electron chi connectivity index (χ4n) is 1.46. The number of allylic oxidation sites excluding steroid dienone is 1. The summed E-state index contributed by atoms with van der Waals surface area (Å²) in [5, 5.41) is 0.932. The normalized spacial score (nSPS) is 21.1. The van der Waals surface area contributed by atoms with Gasteiger partial charge >= 0.3 is 0 Å². The van der Waals surface area contributed by atoms with Crippen molar-refractivity contribution in [2.24, 2.45) is 0 Å². The number of ether oxygens (including phenoxy) is 1. The van der Waals surface area contributed by atoms with E-state index >= 15 is 0 Å². The van der Waals surface area contributed by atoms with Crippen LogP contribution >= 0.6 is 21.6 Å². The second kappa shape index (κ2) is 7.52. The van der Waals surface area contributed by atoms with Crippen LogP contribution in [0.4, 0.5) is 0 Å². The van der Waals surface area contributed by atoms with Gasteiger partial charge in [0.05, 0.1) is 12.4 Å². The highest BCUT2D eigenvalue weighted by molar-refractivity contribution is 8.77. The van der Waals surface area contributed by atoms with Crippen LogP contribution in [0, 0.1) is 0 Å². The Hall–Kier alpha value is 0.240.